The van der Waals surface area contributed by atoms with E-state index in [0.29, 0.717) is 0 Å². The summed E-state index contributed by atoms with van der Waals surface area (Å²) >= 11 is 0. The first kappa shape index (κ1) is 21.8. The van der Waals surface area contributed by atoms with Crippen LogP contribution in [0, 0.1) is 5.82 Å². The molecule has 0 bridgehead atoms. The molecule has 2 aromatic carbocycles. The van der Waals surface area contributed by atoms with Crippen LogP contribution in [-0.4, -0.2) is 37.4 Å². The number of hydrogen-bond donors (Lipinski definition) is 1. The number of halogens is 4. The van der Waals surface area contributed by atoms with Crippen molar-refractivity contribution in [1.29, 1.82) is 0 Å². The average Bonchev–Trinajstić information content (AvgIpc) is 2.64. The number of sulfonamides is 1. The first-order valence-electron chi connectivity index (χ1n) is 8.78. The highest BCUT2D eigenvalue weighted by Crippen LogP contribution is 2.35. The maximum Gasteiger partial charge on any atom is 0.433 e. The molecular formula is C20H19F4N3O2S. The van der Waals surface area contributed by atoms with Crippen LogP contribution in [0.5, 0.6) is 0 Å². The molecule has 5 nitrogen and oxygen atoms in total. The maximum absolute atomic E-state index is 14.6. The van der Waals surface area contributed by atoms with Crippen molar-refractivity contribution in [3.05, 3.63) is 77.9 Å². The third-order valence-electron chi connectivity index (χ3n) is 4.79. The Morgan fingerprint density at radius 1 is 1.20 bits per heavy atom. The Morgan fingerprint density at radius 2 is 1.83 bits per heavy atom. The molecule has 0 saturated carbocycles. The predicted octanol–water partition coefficient (Wildman–Crippen LogP) is 4.06. The zero-order valence-electron chi connectivity index (χ0n) is 16.2. The second-order valence-electron chi connectivity index (χ2n) is 7.12. The number of benzene rings is 2. The van der Waals surface area contributed by atoms with Gasteiger partial charge >= 0.3 is 6.18 Å². The Kier molecular flexibility index (Phi) is 5.40. The molecule has 0 unspecified atom stereocenters. The lowest BCUT2D eigenvalue weighted by Gasteiger charge is -2.41. The summed E-state index contributed by atoms with van der Waals surface area (Å²) in [4.78, 5) is 3.71. The van der Waals surface area contributed by atoms with E-state index in [1.165, 1.54) is 38.2 Å². The van der Waals surface area contributed by atoms with Gasteiger partial charge in [-0.15, -0.1) is 0 Å². The van der Waals surface area contributed by atoms with Gasteiger partial charge in [-0.3, -0.25) is 4.31 Å². The zero-order chi connectivity index (χ0) is 22.3. The number of aliphatic imine (C=N–C) groups is 1. The zero-order valence-corrected chi connectivity index (χ0v) is 17.0. The molecule has 1 aliphatic heterocycles. The van der Waals surface area contributed by atoms with Crippen LogP contribution < -0.4 is 5.32 Å². The van der Waals surface area contributed by atoms with Gasteiger partial charge in [-0.25, -0.2) is 17.8 Å². The van der Waals surface area contributed by atoms with Crippen LogP contribution >= 0.6 is 0 Å². The van der Waals surface area contributed by atoms with Gasteiger partial charge in [0.15, 0.2) is 5.71 Å². The molecule has 160 valence electrons. The maximum atomic E-state index is 14.6. The minimum absolute atomic E-state index is 0.0253. The molecule has 10 heteroatoms. The summed E-state index contributed by atoms with van der Waals surface area (Å²) in [7, 11) is -2.49. The smallest absolute Gasteiger partial charge is 0.361 e. The molecule has 1 fully saturated rings. The van der Waals surface area contributed by atoms with E-state index in [9.17, 15) is 26.0 Å². The summed E-state index contributed by atoms with van der Waals surface area (Å²) in [5.41, 5.74) is -3.01. The Bertz CT molecular complexity index is 1110. The lowest BCUT2D eigenvalue weighted by Crippen LogP contribution is -2.56. The molecule has 0 spiro atoms. The summed E-state index contributed by atoms with van der Waals surface area (Å²) in [6.07, 6.45) is -4.75. The van der Waals surface area contributed by atoms with Crippen LogP contribution in [0.3, 0.4) is 0 Å². The van der Waals surface area contributed by atoms with Crippen molar-refractivity contribution in [2.24, 2.45) is 4.99 Å². The summed E-state index contributed by atoms with van der Waals surface area (Å²) in [5.74, 6) is -1.26. The van der Waals surface area contributed by atoms with Crippen molar-refractivity contribution in [3.8, 4) is 0 Å². The number of alkyl halides is 3. The Labute approximate surface area is 171 Å². The molecule has 3 rings (SSSR count). The fourth-order valence-corrected chi connectivity index (χ4v) is 4.76. The fourth-order valence-electron chi connectivity index (χ4n) is 3.23. The van der Waals surface area contributed by atoms with E-state index in [1.807, 2.05) is 0 Å². The highest BCUT2D eigenvalue weighted by Gasteiger charge is 2.42. The van der Waals surface area contributed by atoms with Crippen molar-refractivity contribution in [1.82, 2.24) is 9.62 Å². The van der Waals surface area contributed by atoms with Crippen molar-refractivity contribution in [3.63, 3.8) is 0 Å². The van der Waals surface area contributed by atoms with Gasteiger partial charge in [-0.2, -0.15) is 13.2 Å². The van der Waals surface area contributed by atoms with Crippen LogP contribution in [0.4, 0.5) is 23.2 Å². The van der Waals surface area contributed by atoms with E-state index in [2.05, 4.69) is 16.9 Å². The van der Waals surface area contributed by atoms with Crippen LogP contribution in [0.2, 0.25) is 0 Å². The van der Waals surface area contributed by atoms with Crippen LogP contribution in [0.1, 0.15) is 18.1 Å². The van der Waals surface area contributed by atoms with Gasteiger partial charge < -0.3 is 5.32 Å². The van der Waals surface area contributed by atoms with E-state index in [1.54, 1.807) is 6.07 Å². The topological polar surface area (TPSA) is 61.8 Å². The van der Waals surface area contributed by atoms with Gasteiger partial charge in [-0.1, -0.05) is 36.9 Å². The van der Waals surface area contributed by atoms with E-state index in [-0.39, 0.29) is 22.6 Å². The Hall–Kier alpha value is -2.88. The first-order valence-corrected chi connectivity index (χ1v) is 10.4. The van der Waals surface area contributed by atoms with Crippen LogP contribution in [-0.2, 0) is 15.6 Å². The van der Waals surface area contributed by atoms with Gasteiger partial charge in [0.25, 0.3) is 0 Å². The number of nitrogens with one attached hydrogen (secondary N) is 1. The third-order valence-corrected chi connectivity index (χ3v) is 6.79. The van der Waals surface area contributed by atoms with Crippen LogP contribution in [0.15, 0.2) is 65.9 Å². The quantitative estimate of drug-likeness (QED) is 0.577. The Balaban J connectivity index is 2.11. The molecule has 0 radical (unpaired) electrons. The van der Waals surface area contributed by atoms with E-state index >= 15 is 0 Å². The van der Waals surface area contributed by atoms with Crippen molar-refractivity contribution >= 4 is 21.4 Å². The van der Waals surface area contributed by atoms with Gasteiger partial charge in [0.05, 0.1) is 17.0 Å². The van der Waals surface area contributed by atoms with Gasteiger partial charge in [0, 0.05) is 18.2 Å². The summed E-state index contributed by atoms with van der Waals surface area (Å²) in [5, 5.41) is 2.84. The third kappa shape index (κ3) is 4.18. The number of hydrogen-bond acceptors (Lipinski definition) is 4. The molecule has 0 amide bonds. The van der Waals surface area contributed by atoms with Crippen molar-refractivity contribution in [2.45, 2.75) is 18.6 Å². The molecule has 0 aliphatic carbocycles. The average molecular weight is 441 g/mol. The minimum Gasteiger partial charge on any atom is -0.361 e. The predicted molar refractivity (Wildman–Crippen MR) is 106 cm³/mol. The van der Waals surface area contributed by atoms with E-state index < -0.39 is 39.0 Å². The molecule has 0 aromatic heterocycles. The second-order valence-corrected chi connectivity index (χ2v) is 9.12. The van der Waals surface area contributed by atoms with Gasteiger partial charge in [0.2, 0.25) is 10.0 Å². The normalized spacial score (nSPS) is 22.0. The minimum atomic E-state index is -4.75. The lowest BCUT2D eigenvalue weighted by atomic mass is 9.92. The molecular weight excluding hydrogens is 422 g/mol. The largest absolute Gasteiger partial charge is 0.433 e. The van der Waals surface area contributed by atoms with Gasteiger partial charge in [-0.05, 0) is 25.1 Å². The molecule has 1 atom stereocenters. The summed E-state index contributed by atoms with van der Waals surface area (Å²) < 4.78 is 81.1. The lowest BCUT2D eigenvalue weighted by molar-refractivity contribution is -0.0579. The van der Waals surface area contributed by atoms with Crippen molar-refractivity contribution < 1.29 is 26.0 Å². The summed E-state index contributed by atoms with van der Waals surface area (Å²) in [6, 6.07) is 10.2. The molecule has 1 N–H and O–H groups in total. The van der Waals surface area contributed by atoms with E-state index in [0.717, 1.165) is 22.5 Å². The first-order chi connectivity index (χ1) is 13.8. The standard InChI is InChI=1S/C20H19F4N3O2S/c1-13-26-19(2,12-30(28,29)27(13)3)16-11-15(9-10-17(16)21)25-18(20(22,23)24)14-7-5-4-6-8-14/h4-11,26H,1,12H2,2-3H3/b25-18-/t19-/m0/s1. The molecule has 30 heavy (non-hydrogen) atoms. The number of rotatable bonds is 3. The Morgan fingerprint density at radius 3 is 2.40 bits per heavy atom. The molecule has 2 aromatic rings. The van der Waals surface area contributed by atoms with E-state index in [4.69, 9.17) is 0 Å². The fraction of sp³-hybridized carbons (Fsp3) is 0.250. The molecule has 1 saturated heterocycles. The number of nitrogens with zero attached hydrogens (tertiary/aromatic N) is 2. The monoisotopic (exact) mass is 441 g/mol. The highest BCUT2D eigenvalue weighted by molar-refractivity contribution is 7.89. The molecule has 1 heterocycles. The van der Waals surface area contributed by atoms with Crippen LogP contribution in [0.25, 0.3) is 0 Å². The SMILES string of the molecule is C=C1N[C@](C)(c2cc(/N=C(/c3ccccc3)C(F)(F)F)ccc2F)CS(=O)(=O)N1C. The van der Waals surface area contributed by atoms with Crippen molar-refractivity contribution in [2.75, 3.05) is 12.8 Å². The molecule has 1 aliphatic rings. The second kappa shape index (κ2) is 7.42. The van der Waals surface area contributed by atoms with Gasteiger partial charge in [0.1, 0.15) is 11.6 Å². The summed E-state index contributed by atoms with van der Waals surface area (Å²) in [6.45, 7) is 5.06. The highest BCUT2D eigenvalue weighted by atomic mass is 32.2.